The minimum absolute atomic E-state index is 0. The third-order valence-corrected chi connectivity index (χ3v) is 1.22. The second-order valence-corrected chi connectivity index (χ2v) is 2.23. The minimum atomic E-state index is -4.91. The number of hydrogen-bond donors (Lipinski definition) is 1. The van der Waals surface area contributed by atoms with Crippen molar-refractivity contribution < 1.29 is 27.8 Å². The number of allylic oxidation sites excluding steroid dienone is 3. The molecule has 0 rings (SSSR count). The summed E-state index contributed by atoms with van der Waals surface area (Å²) in [5.74, 6) is -2.98. The molecule has 0 heterocycles. The molecule has 83 valence electrons. The van der Waals surface area contributed by atoms with E-state index in [1.165, 1.54) is 6.07 Å². The number of carbonyl (C=O) groups is 1. The average Bonchev–Trinajstić information content (AvgIpc) is 2.16. The summed E-state index contributed by atoms with van der Waals surface area (Å²) < 4.78 is 39.3. The number of methoxy groups -OCH3 is 1. The maximum absolute atomic E-state index is 11.7. The van der Waals surface area contributed by atoms with Gasteiger partial charge in [0.2, 0.25) is 0 Å². The van der Waals surface area contributed by atoms with Gasteiger partial charge >= 0.3 is 12.1 Å². The van der Waals surface area contributed by atoms with Gasteiger partial charge in [-0.05, 0) is 12.2 Å². The van der Waals surface area contributed by atoms with Crippen LogP contribution in [0.2, 0.25) is 0 Å². The fraction of sp³-hybridized carbons (Fsp3) is 0.250. The molecule has 0 aromatic carbocycles. The first-order valence-electron chi connectivity index (χ1n) is 3.49. The van der Waals surface area contributed by atoms with Crippen LogP contribution in [0.25, 0.3) is 0 Å². The molecule has 1 radical (unpaired) electrons. The quantitative estimate of drug-likeness (QED) is 0.202. The van der Waals surface area contributed by atoms with Gasteiger partial charge in [0.05, 0.1) is 7.11 Å². The number of nitriles is 1. The van der Waals surface area contributed by atoms with Crippen LogP contribution in [0.4, 0.5) is 13.2 Å². The Labute approximate surface area is 132 Å². The Morgan fingerprint density at radius 1 is 1.44 bits per heavy atom. The number of nitrogens with zero attached hydrogens (tertiary/aromatic N) is 1. The van der Waals surface area contributed by atoms with Gasteiger partial charge in [-0.3, -0.25) is 0 Å². The Morgan fingerprint density at radius 2 is 1.94 bits per heavy atom. The van der Waals surface area contributed by atoms with Crippen LogP contribution in [-0.4, -0.2) is 75.7 Å². The molecule has 0 aromatic heterocycles. The van der Waals surface area contributed by atoms with Gasteiger partial charge in [0, 0.05) is 51.4 Å². The first-order chi connectivity index (χ1) is 6.82. The third kappa shape index (κ3) is 6.29. The molecule has 0 atom stereocenters. The molecule has 0 saturated heterocycles. The molecule has 0 aliphatic heterocycles. The van der Waals surface area contributed by atoms with E-state index < -0.39 is 23.5 Å². The Hall–Kier alpha value is -0.334. The summed E-state index contributed by atoms with van der Waals surface area (Å²) in [6.07, 6.45) is -4.18. The van der Waals surface area contributed by atoms with Crippen molar-refractivity contribution in [2.75, 3.05) is 7.11 Å². The van der Waals surface area contributed by atoms with Gasteiger partial charge in [0.15, 0.2) is 5.76 Å². The SMILES string of the molecule is COC(=O)/C(C#N)=C/C=C(\O)C(F)(F)F.[K]. The molecule has 16 heavy (non-hydrogen) atoms. The van der Waals surface area contributed by atoms with E-state index in [9.17, 15) is 18.0 Å². The summed E-state index contributed by atoms with van der Waals surface area (Å²) in [6, 6.07) is 1.32. The Kier molecular flexibility index (Phi) is 8.87. The summed E-state index contributed by atoms with van der Waals surface area (Å²) in [7, 11) is 0.973. The van der Waals surface area contributed by atoms with E-state index in [4.69, 9.17) is 10.4 Å². The van der Waals surface area contributed by atoms with Crippen molar-refractivity contribution in [3.63, 3.8) is 0 Å². The zero-order chi connectivity index (χ0) is 12.1. The van der Waals surface area contributed by atoms with Crippen LogP contribution >= 0.6 is 0 Å². The molecular weight excluding hydrogens is 254 g/mol. The number of hydrogen-bond acceptors (Lipinski definition) is 4. The first kappa shape index (κ1) is 18.0. The van der Waals surface area contributed by atoms with E-state index in [2.05, 4.69) is 4.74 Å². The number of rotatable bonds is 2. The van der Waals surface area contributed by atoms with Crippen molar-refractivity contribution in [2.45, 2.75) is 6.18 Å². The summed E-state index contributed by atoms with van der Waals surface area (Å²) in [6.45, 7) is 0. The van der Waals surface area contributed by atoms with Gasteiger partial charge in [0.25, 0.3) is 0 Å². The third-order valence-electron chi connectivity index (χ3n) is 1.22. The van der Waals surface area contributed by atoms with Crippen LogP contribution in [0.1, 0.15) is 0 Å². The topological polar surface area (TPSA) is 70.3 Å². The van der Waals surface area contributed by atoms with E-state index in [1.807, 2.05) is 0 Å². The number of aliphatic hydroxyl groups excluding tert-OH is 1. The van der Waals surface area contributed by atoms with Crippen molar-refractivity contribution in [1.29, 1.82) is 5.26 Å². The number of ether oxygens (including phenoxy) is 1. The molecule has 0 aliphatic rings. The van der Waals surface area contributed by atoms with Crippen LogP contribution in [0.5, 0.6) is 0 Å². The van der Waals surface area contributed by atoms with Gasteiger partial charge in [-0.15, -0.1) is 0 Å². The number of carbonyl (C=O) groups excluding carboxylic acids is 1. The first-order valence-corrected chi connectivity index (χ1v) is 3.49. The van der Waals surface area contributed by atoms with Crippen LogP contribution in [0, 0.1) is 11.3 Å². The molecule has 0 saturated carbocycles. The number of alkyl halides is 3. The Balaban J connectivity index is 0. The Bertz CT molecular complexity index is 355. The average molecular weight is 260 g/mol. The summed E-state index contributed by atoms with van der Waals surface area (Å²) >= 11 is 0. The summed E-state index contributed by atoms with van der Waals surface area (Å²) in [4.78, 5) is 10.7. The molecule has 0 bridgehead atoms. The normalized spacial score (nSPS) is 12.4. The maximum Gasteiger partial charge on any atom is 0.448 e. The zero-order valence-electron chi connectivity index (χ0n) is 8.50. The number of aliphatic hydroxyl groups is 1. The maximum atomic E-state index is 11.7. The number of halogens is 3. The van der Waals surface area contributed by atoms with Crippen molar-refractivity contribution in [1.82, 2.24) is 0 Å². The van der Waals surface area contributed by atoms with Gasteiger partial charge in [0.1, 0.15) is 11.6 Å². The van der Waals surface area contributed by atoms with Gasteiger partial charge < -0.3 is 9.84 Å². The van der Waals surface area contributed by atoms with Gasteiger partial charge in [-0.2, -0.15) is 18.4 Å². The van der Waals surface area contributed by atoms with Crippen LogP contribution in [0.3, 0.4) is 0 Å². The molecule has 0 spiro atoms. The van der Waals surface area contributed by atoms with Crippen molar-refractivity contribution >= 4 is 57.4 Å². The smallest absolute Gasteiger partial charge is 0.448 e. The standard InChI is InChI=1S/C8H6F3NO3.K/c1-15-7(14)5(4-12)2-3-6(13)8(9,10)11;/h2-3,13H,1H3;/b5-2+,6-3-;. The molecule has 1 N–H and O–H groups in total. The fourth-order valence-electron chi connectivity index (χ4n) is 0.518. The molecular formula is C8H6F3KNO3. The molecule has 0 fully saturated rings. The molecule has 4 nitrogen and oxygen atoms in total. The van der Waals surface area contributed by atoms with Crippen molar-refractivity contribution in [2.24, 2.45) is 0 Å². The summed E-state index contributed by atoms with van der Waals surface area (Å²) in [5.41, 5.74) is -0.645. The van der Waals surface area contributed by atoms with Crippen LogP contribution in [0.15, 0.2) is 23.5 Å². The second kappa shape index (κ2) is 7.86. The monoisotopic (exact) mass is 260 g/mol. The van der Waals surface area contributed by atoms with Gasteiger partial charge in [-0.25, -0.2) is 4.79 Å². The van der Waals surface area contributed by atoms with E-state index in [1.54, 1.807) is 0 Å². The second-order valence-electron chi connectivity index (χ2n) is 2.23. The summed E-state index contributed by atoms with van der Waals surface area (Å²) in [5, 5.41) is 16.7. The predicted octanol–water partition coefficient (Wildman–Crippen LogP) is 1.23. The van der Waals surface area contributed by atoms with Crippen LogP contribution < -0.4 is 0 Å². The van der Waals surface area contributed by atoms with Crippen molar-refractivity contribution in [3.05, 3.63) is 23.5 Å². The molecule has 0 aliphatic carbocycles. The van der Waals surface area contributed by atoms with Gasteiger partial charge in [-0.1, -0.05) is 0 Å². The largest absolute Gasteiger partial charge is 0.504 e. The van der Waals surface area contributed by atoms with Crippen LogP contribution in [-0.2, 0) is 9.53 Å². The molecule has 0 unspecified atom stereocenters. The van der Waals surface area contributed by atoms with E-state index >= 15 is 0 Å². The van der Waals surface area contributed by atoms with E-state index in [0.717, 1.165) is 7.11 Å². The molecule has 0 aromatic rings. The predicted molar refractivity (Wildman–Crippen MR) is 48.2 cm³/mol. The fourth-order valence-corrected chi connectivity index (χ4v) is 0.518. The minimum Gasteiger partial charge on any atom is -0.504 e. The molecule has 0 amide bonds. The molecule has 8 heteroatoms. The van der Waals surface area contributed by atoms with Crippen molar-refractivity contribution in [3.8, 4) is 6.07 Å². The van der Waals surface area contributed by atoms with E-state index in [0.29, 0.717) is 6.08 Å². The number of esters is 1. The Morgan fingerprint density at radius 3 is 2.25 bits per heavy atom. The van der Waals surface area contributed by atoms with E-state index in [-0.39, 0.29) is 57.5 Å². The zero-order valence-corrected chi connectivity index (χ0v) is 11.6.